The number of hydrogen-bond donors (Lipinski definition) is 0. The van der Waals surface area contributed by atoms with Crippen molar-refractivity contribution in [3.63, 3.8) is 0 Å². The molecule has 0 aliphatic heterocycles. The lowest BCUT2D eigenvalue weighted by Gasteiger charge is -2.19. The molecule has 6 heteroatoms. The van der Waals surface area contributed by atoms with Gasteiger partial charge in [0, 0.05) is 7.05 Å². The Kier molecular flexibility index (Phi) is 5.50. The monoisotopic (exact) mass is 335 g/mol. The molecule has 0 amide bonds. The van der Waals surface area contributed by atoms with Crippen LogP contribution in [0.5, 0.6) is 11.5 Å². The number of sulfonamides is 1. The maximum Gasteiger partial charge on any atom is 0.235 e. The van der Waals surface area contributed by atoms with E-state index in [-0.39, 0.29) is 5.75 Å². The second-order valence-electron chi connectivity index (χ2n) is 5.06. The highest BCUT2D eigenvalue weighted by molar-refractivity contribution is 7.92. The zero-order valence-corrected chi connectivity index (χ0v) is 14.3. The molecule has 2 aromatic carbocycles. The first kappa shape index (κ1) is 17.1. The number of methoxy groups -OCH3 is 2. The number of benzene rings is 2. The number of anilines is 1. The van der Waals surface area contributed by atoms with Gasteiger partial charge in [-0.2, -0.15) is 0 Å². The first-order valence-corrected chi connectivity index (χ1v) is 8.81. The largest absolute Gasteiger partial charge is 0.493 e. The lowest BCUT2D eigenvalue weighted by atomic mass is 10.1. The first-order chi connectivity index (χ1) is 11.0. The van der Waals surface area contributed by atoms with Gasteiger partial charge in [-0.05, 0) is 36.2 Å². The van der Waals surface area contributed by atoms with E-state index in [1.807, 2.05) is 24.3 Å². The quantitative estimate of drug-likeness (QED) is 0.781. The minimum absolute atomic E-state index is 0.0217. The molecule has 0 spiro atoms. The topological polar surface area (TPSA) is 55.8 Å². The van der Waals surface area contributed by atoms with Gasteiger partial charge in [0.15, 0.2) is 11.5 Å². The molecule has 124 valence electrons. The number of hydrogen-bond acceptors (Lipinski definition) is 4. The SMILES string of the molecule is COc1ccc(CCS(=O)(=O)N(C)c2ccccc2)cc1OC. The van der Waals surface area contributed by atoms with Gasteiger partial charge in [0.25, 0.3) is 0 Å². The zero-order valence-electron chi connectivity index (χ0n) is 13.5. The normalized spacial score (nSPS) is 11.1. The van der Waals surface area contributed by atoms with E-state index in [1.165, 1.54) is 4.31 Å². The Hall–Kier alpha value is -2.21. The Morgan fingerprint density at radius 1 is 0.957 bits per heavy atom. The smallest absolute Gasteiger partial charge is 0.235 e. The molecule has 5 nitrogen and oxygen atoms in total. The minimum Gasteiger partial charge on any atom is -0.493 e. The summed E-state index contributed by atoms with van der Waals surface area (Å²) >= 11 is 0. The number of ether oxygens (including phenoxy) is 2. The van der Waals surface area contributed by atoms with Crippen LogP contribution in [0.3, 0.4) is 0 Å². The Bertz CT molecular complexity index is 744. The van der Waals surface area contributed by atoms with Crippen LogP contribution in [-0.4, -0.2) is 35.4 Å². The van der Waals surface area contributed by atoms with E-state index in [1.54, 1.807) is 45.5 Å². The van der Waals surface area contributed by atoms with Crippen LogP contribution in [0.15, 0.2) is 48.5 Å². The second-order valence-corrected chi connectivity index (χ2v) is 7.18. The summed E-state index contributed by atoms with van der Waals surface area (Å²) in [7, 11) is 1.31. The third-order valence-electron chi connectivity index (χ3n) is 3.63. The molecule has 0 fully saturated rings. The van der Waals surface area contributed by atoms with Crippen LogP contribution >= 0.6 is 0 Å². The summed E-state index contributed by atoms with van der Waals surface area (Å²) in [5.74, 6) is 1.24. The fourth-order valence-corrected chi connectivity index (χ4v) is 3.43. The molecule has 2 aromatic rings. The summed E-state index contributed by atoms with van der Waals surface area (Å²) in [5, 5.41) is 0. The molecule has 0 heterocycles. The van der Waals surface area contributed by atoms with Crippen molar-refractivity contribution in [3.8, 4) is 11.5 Å². The van der Waals surface area contributed by atoms with E-state index in [9.17, 15) is 8.42 Å². The Balaban J connectivity index is 2.10. The Morgan fingerprint density at radius 3 is 2.22 bits per heavy atom. The van der Waals surface area contributed by atoms with Crippen molar-refractivity contribution in [2.75, 3.05) is 31.3 Å². The van der Waals surface area contributed by atoms with Crippen LogP contribution in [0.25, 0.3) is 0 Å². The van der Waals surface area contributed by atoms with Crippen LogP contribution in [0, 0.1) is 0 Å². The van der Waals surface area contributed by atoms with Gasteiger partial charge in [0.1, 0.15) is 0 Å². The van der Waals surface area contributed by atoms with Crippen molar-refractivity contribution in [2.45, 2.75) is 6.42 Å². The van der Waals surface area contributed by atoms with Crippen molar-refractivity contribution in [3.05, 3.63) is 54.1 Å². The highest BCUT2D eigenvalue weighted by atomic mass is 32.2. The van der Waals surface area contributed by atoms with Crippen LogP contribution in [-0.2, 0) is 16.4 Å². The highest BCUT2D eigenvalue weighted by Crippen LogP contribution is 2.28. The number of aryl methyl sites for hydroxylation is 1. The fraction of sp³-hybridized carbons (Fsp3) is 0.294. The first-order valence-electron chi connectivity index (χ1n) is 7.20. The maximum absolute atomic E-state index is 12.5. The molecule has 0 N–H and O–H groups in total. The van der Waals surface area contributed by atoms with Crippen molar-refractivity contribution in [1.29, 1.82) is 0 Å². The third-order valence-corrected chi connectivity index (χ3v) is 5.40. The zero-order chi connectivity index (χ0) is 16.9. The van der Waals surface area contributed by atoms with Crippen molar-refractivity contribution >= 4 is 15.7 Å². The van der Waals surface area contributed by atoms with Gasteiger partial charge in [-0.1, -0.05) is 24.3 Å². The van der Waals surface area contributed by atoms with E-state index in [2.05, 4.69) is 0 Å². The van der Waals surface area contributed by atoms with Crippen molar-refractivity contribution < 1.29 is 17.9 Å². The second kappa shape index (κ2) is 7.37. The molecule has 0 atom stereocenters. The van der Waals surface area contributed by atoms with Gasteiger partial charge in [0.05, 0.1) is 25.7 Å². The summed E-state index contributed by atoms with van der Waals surface area (Å²) < 4.78 is 36.6. The van der Waals surface area contributed by atoms with Gasteiger partial charge in [0.2, 0.25) is 10.0 Å². The predicted molar refractivity (Wildman–Crippen MR) is 91.9 cm³/mol. The van der Waals surface area contributed by atoms with Crippen molar-refractivity contribution in [2.24, 2.45) is 0 Å². The lowest BCUT2D eigenvalue weighted by molar-refractivity contribution is 0.354. The van der Waals surface area contributed by atoms with Crippen LogP contribution < -0.4 is 13.8 Å². The average molecular weight is 335 g/mol. The Morgan fingerprint density at radius 2 is 1.61 bits per heavy atom. The molecular weight excluding hydrogens is 314 g/mol. The molecule has 23 heavy (non-hydrogen) atoms. The molecule has 0 aromatic heterocycles. The molecule has 0 unspecified atom stereocenters. The molecule has 2 rings (SSSR count). The summed E-state index contributed by atoms with van der Waals surface area (Å²) in [5.41, 5.74) is 1.53. The van der Waals surface area contributed by atoms with Crippen molar-refractivity contribution in [1.82, 2.24) is 0 Å². The van der Waals surface area contributed by atoms with Gasteiger partial charge in [-0.3, -0.25) is 4.31 Å². The maximum atomic E-state index is 12.5. The molecular formula is C17H21NO4S. The number of rotatable bonds is 7. The van der Waals surface area contributed by atoms with E-state index >= 15 is 0 Å². The fourth-order valence-electron chi connectivity index (χ4n) is 2.22. The summed E-state index contributed by atoms with van der Waals surface area (Å²) in [6.07, 6.45) is 0.403. The number of para-hydroxylation sites is 1. The molecule has 0 saturated heterocycles. The molecule has 0 aliphatic carbocycles. The minimum atomic E-state index is -3.39. The van der Waals surface area contributed by atoms with Crippen LogP contribution in [0.4, 0.5) is 5.69 Å². The standard InChI is InChI=1S/C17H21NO4S/c1-18(15-7-5-4-6-8-15)23(19,20)12-11-14-9-10-16(21-2)17(13-14)22-3/h4-10,13H,11-12H2,1-3H3. The number of nitrogens with zero attached hydrogens (tertiary/aromatic N) is 1. The average Bonchev–Trinajstić information content (AvgIpc) is 2.59. The van der Waals surface area contributed by atoms with Gasteiger partial charge in [-0.15, -0.1) is 0 Å². The summed E-state index contributed by atoms with van der Waals surface area (Å²) in [6, 6.07) is 14.5. The van der Waals surface area contributed by atoms with Gasteiger partial charge >= 0.3 is 0 Å². The molecule has 0 saturated carbocycles. The van der Waals surface area contributed by atoms with Crippen LogP contribution in [0.1, 0.15) is 5.56 Å². The highest BCUT2D eigenvalue weighted by Gasteiger charge is 2.18. The third kappa shape index (κ3) is 4.16. The predicted octanol–water partition coefficient (Wildman–Crippen LogP) is 2.71. The van der Waals surface area contributed by atoms with Gasteiger partial charge in [-0.25, -0.2) is 8.42 Å². The lowest BCUT2D eigenvalue weighted by Crippen LogP contribution is -2.29. The van der Waals surface area contributed by atoms with Gasteiger partial charge < -0.3 is 9.47 Å². The van der Waals surface area contributed by atoms with E-state index in [4.69, 9.17) is 9.47 Å². The van der Waals surface area contributed by atoms with E-state index in [0.29, 0.717) is 23.6 Å². The summed E-state index contributed by atoms with van der Waals surface area (Å²) in [4.78, 5) is 0. The molecule has 0 radical (unpaired) electrons. The molecule has 0 bridgehead atoms. The summed E-state index contributed by atoms with van der Waals surface area (Å²) in [6.45, 7) is 0. The molecule has 0 aliphatic rings. The Labute approximate surface area is 137 Å². The van der Waals surface area contributed by atoms with E-state index in [0.717, 1.165) is 5.56 Å². The van der Waals surface area contributed by atoms with Crippen LogP contribution in [0.2, 0.25) is 0 Å². The van der Waals surface area contributed by atoms with E-state index < -0.39 is 10.0 Å².